The highest BCUT2D eigenvalue weighted by atomic mass is 16.3. The van der Waals surface area contributed by atoms with E-state index >= 15 is 0 Å². The van der Waals surface area contributed by atoms with Gasteiger partial charge in [0.05, 0.1) is 6.54 Å². The molecule has 86 valence electrons. The van der Waals surface area contributed by atoms with Crippen LogP contribution in [0.15, 0.2) is 17.1 Å². The molecule has 0 aliphatic rings. The number of phenolic OH excluding ortho intramolecular Hbond substituents is 1. The van der Waals surface area contributed by atoms with Gasteiger partial charge in [-0.1, -0.05) is 26.8 Å². The third-order valence-corrected chi connectivity index (χ3v) is 2.58. The normalized spacial score (nSPS) is 11.0. The van der Waals surface area contributed by atoms with Crippen LogP contribution in [0.4, 0.5) is 0 Å². The Hall–Kier alpha value is -1.60. The van der Waals surface area contributed by atoms with E-state index in [4.69, 9.17) is 0 Å². The van der Waals surface area contributed by atoms with E-state index in [2.05, 4.69) is 4.99 Å². The number of hydrogen-bond acceptors (Lipinski definition) is 3. The van der Waals surface area contributed by atoms with Crippen molar-refractivity contribution in [2.45, 2.75) is 39.7 Å². The fraction of sp³-hybridized carbons (Fsp3) is 0.462. The van der Waals surface area contributed by atoms with Gasteiger partial charge in [-0.15, -0.1) is 0 Å². The van der Waals surface area contributed by atoms with Crippen LogP contribution >= 0.6 is 0 Å². The zero-order chi connectivity index (χ0) is 12.3. The summed E-state index contributed by atoms with van der Waals surface area (Å²) in [5, 5.41) is 9.91. The molecule has 0 unspecified atom stereocenters. The van der Waals surface area contributed by atoms with Crippen molar-refractivity contribution in [2.24, 2.45) is 4.99 Å². The highest BCUT2D eigenvalue weighted by molar-refractivity contribution is 5.45. The fourth-order valence-electron chi connectivity index (χ4n) is 1.63. The van der Waals surface area contributed by atoms with Crippen LogP contribution in [0.2, 0.25) is 0 Å². The van der Waals surface area contributed by atoms with Crippen LogP contribution in [0.1, 0.15) is 37.5 Å². The maximum Gasteiger partial charge on any atom is 0.235 e. The number of hydrogen-bond donors (Lipinski definition) is 1. The Labute approximate surface area is 95.8 Å². The number of aromatic hydroxyl groups is 1. The molecule has 0 saturated carbocycles. The Kier molecular flexibility index (Phi) is 3.51. The number of aliphatic imine (C=N–C) groups is 1. The third-order valence-electron chi connectivity index (χ3n) is 2.58. The average molecular weight is 219 g/mol. The SMILES string of the molecule is Cc1cc(C(C)(C)C)c(O)cc1CN=C=O. The molecular formula is C13H17NO2. The zero-order valence-electron chi connectivity index (χ0n) is 10.2. The van der Waals surface area contributed by atoms with E-state index in [-0.39, 0.29) is 17.7 Å². The van der Waals surface area contributed by atoms with Gasteiger partial charge in [-0.05, 0) is 35.1 Å². The number of benzene rings is 1. The molecule has 3 nitrogen and oxygen atoms in total. The van der Waals surface area contributed by atoms with Gasteiger partial charge in [0.15, 0.2) is 0 Å². The summed E-state index contributed by atoms with van der Waals surface area (Å²) >= 11 is 0. The minimum atomic E-state index is -0.0959. The molecule has 0 aromatic heterocycles. The number of aryl methyl sites for hydroxylation is 1. The Morgan fingerprint density at radius 3 is 2.50 bits per heavy atom. The molecule has 0 aliphatic carbocycles. The van der Waals surface area contributed by atoms with Crippen molar-refractivity contribution in [3.05, 3.63) is 28.8 Å². The molecule has 1 rings (SSSR count). The Morgan fingerprint density at radius 1 is 1.38 bits per heavy atom. The lowest BCUT2D eigenvalue weighted by atomic mass is 9.84. The minimum Gasteiger partial charge on any atom is -0.508 e. The summed E-state index contributed by atoms with van der Waals surface area (Å²) in [5.41, 5.74) is 2.70. The van der Waals surface area contributed by atoms with Crippen molar-refractivity contribution >= 4 is 6.08 Å². The van der Waals surface area contributed by atoms with Crippen molar-refractivity contribution in [3.63, 3.8) is 0 Å². The summed E-state index contributed by atoms with van der Waals surface area (Å²) in [6, 6.07) is 3.63. The van der Waals surface area contributed by atoms with Gasteiger partial charge in [0.25, 0.3) is 0 Å². The lowest BCUT2D eigenvalue weighted by Crippen LogP contribution is -2.12. The summed E-state index contributed by atoms with van der Waals surface area (Å²) in [5.74, 6) is 0.259. The molecule has 0 saturated heterocycles. The summed E-state index contributed by atoms with van der Waals surface area (Å²) < 4.78 is 0. The van der Waals surface area contributed by atoms with Crippen molar-refractivity contribution < 1.29 is 9.90 Å². The topological polar surface area (TPSA) is 49.7 Å². The van der Waals surface area contributed by atoms with E-state index in [1.54, 1.807) is 6.07 Å². The van der Waals surface area contributed by atoms with Crippen molar-refractivity contribution in [1.29, 1.82) is 0 Å². The maximum atomic E-state index is 10.0. The average Bonchev–Trinajstić information content (AvgIpc) is 2.17. The van der Waals surface area contributed by atoms with Gasteiger partial charge in [0, 0.05) is 0 Å². The summed E-state index contributed by atoms with van der Waals surface area (Å²) in [6.45, 7) is 8.36. The standard InChI is InChI=1S/C13H17NO2/c1-9-5-11(13(2,3)4)12(16)6-10(9)7-14-8-15/h5-6,16H,7H2,1-4H3. The lowest BCUT2D eigenvalue weighted by molar-refractivity contribution is 0.445. The predicted molar refractivity (Wildman–Crippen MR) is 63.4 cm³/mol. The summed E-state index contributed by atoms with van der Waals surface area (Å²) in [7, 11) is 0. The van der Waals surface area contributed by atoms with E-state index < -0.39 is 0 Å². The number of carbonyl (C=O) groups excluding carboxylic acids is 1. The Balaban J connectivity index is 3.21. The molecule has 1 aromatic rings. The largest absolute Gasteiger partial charge is 0.508 e. The molecular weight excluding hydrogens is 202 g/mol. The molecule has 0 fully saturated rings. The molecule has 0 radical (unpaired) electrons. The number of phenols is 1. The van der Waals surface area contributed by atoms with Crippen LogP contribution in [0.3, 0.4) is 0 Å². The molecule has 0 bridgehead atoms. The molecule has 3 heteroatoms. The maximum absolute atomic E-state index is 10.0. The predicted octanol–water partition coefficient (Wildman–Crippen LogP) is 2.83. The first kappa shape index (κ1) is 12.5. The highest BCUT2D eigenvalue weighted by Gasteiger charge is 2.19. The first-order valence-corrected chi connectivity index (χ1v) is 5.23. The molecule has 1 aromatic carbocycles. The van der Waals surface area contributed by atoms with Gasteiger partial charge >= 0.3 is 0 Å². The molecule has 0 aliphatic heterocycles. The molecule has 0 atom stereocenters. The van der Waals surface area contributed by atoms with E-state index in [0.717, 1.165) is 16.7 Å². The van der Waals surface area contributed by atoms with Gasteiger partial charge in [-0.3, -0.25) is 0 Å². The molecule has 16 heavy (non-hydrogen) atoms. The van der Waals surface area contributed by atoms with Crippen LogP contribution in [-0.4, -0.2) is 11.2 Å². The van der Waals surface area contributed by atoms with Crippen LogP contribution in [0.5, 0.6) is 5.75 Å². The van der Waals surface area contributed by atoms with Gasteiger partial charge in [-0.25, -0.2) is 9.79 Å². The monoisotopic (exact) mass is 219 g/mol. The fourth-order valence-corrected chi connectivity index (χ4v) is 1.63. The number of isocyanates is 1. The number of rotatable bonds is 2. The first-order valence-electron chi connectivity index (χ1n) is 5.23. The van der Waals surface area contributed by atoms with Gasteiger partial charge in [0.2, 0.25) is 6.08 Å². The lowest BCUT2D eigenvalue weighted by Gasteiger charge is -2.21. The van der Waals surface area contributed by atoms with E-state index in [1.807, 2.05) is 33.8 Å². The van der Waals surface area contributed by atoms with Gasteiger partial charge in [-0.2, -0.15) is 0 Å². The van der Waals surface area contributed by atoms with E-state index in [9.17, 15) is 9.90 Å². The van der Waals surface area contributed by atoms with Gasteiger partial charge in [0.1, 0.15) is 5.75 Å². The Morgan fingerprint density at radius 2 is 2.00 bits per heavy atom. The van der Waals surface area contributed by atoms with Crippen molar-refractivity contribution in [1.82, 2.24) is 0 Å². The second kappa shape index (κ2) is 4.50. The molecule has 1 N–H and O–H groups in total. The summed E-state index contributed by atoms with van der Waals surface area (Å²) in [6.07, 6.45) is 1.50. The van der Waals surface area contributed by atoms with Crippen molar-refractivity contribution in [3.8, 4) is 5.75 Å². The second-order valence-electron chi connectivity index (χ2n) is 4.95. The minimum absolute atomic E-state index is 0.0959. The zero-order valence-corrected chi connectivity index (χ0v) is 10.2. The van der Waals surface area contributed by atoms with Crippen molar-refractivity contribution in [2.75, 3.05) is 0 Å². The Bertz CT molecular complexity index is 438. The quantitative estimate of drug-likeness (QED) is 0.614. The molecule has 0 spiro atoms. The number of nitrogens with zero attached hydrogens (tertiary/aromatic N) is 1. The van der Waals surface area contributed by atoms with Crippen LogP contribution in [0, 0.1) is 6.92 Å². The second-order valence-corrected chi connectivity index (χ2v) is 4.95. The van der Waals surface area contributed by atoms with E-state index in [1.165, 1.54) is 6.08 Å². The summed E-state index contributed by atoms with van der Waals surface area (Å²) in [4.78, 5) is 13.6. The highest BCUT2D eigenvalue weighted by Crippen LogP contribution is 2.32. The van der Waals surface area contributed by atoms with Gasteiger partial charge < -0.3 is 5.11 Å². The van der Waals surface area contributed by atoms with Crippen LogP contribution < -0.4 is 0 Å². The van der Waals surface area contributed by atoms with Crippen LogP contribution in [-0.2, 0) is 16.8 Å². The van der Waals surface area contributed by atoms with Crippen LogP contribution in [0.25, 0.3) is 0 Å². The smallest absolute Gasteiger partial charge is 0.235 e. The molecule has 0 amide bonds. The molecule has 0 heterocycles. The third kappa shape index (κ3) is 2.71. The van der Waals surface area contributed by atoms with E-state index in [0.29, 0.717) is 0 Å². The first-order chi connectivity index (χ1) is 7.36.